The number of aliphatic hydroxyl groups is 1. The average Bonchev–Trinajstić information content (AvgIpc) is 2.59. The molecule has 0 fully saturated rings. The molecule has 0 saturated carbocycles. The van der Waals surface area contributed by atoms with Crippen molar-refractivity contribution in [1.29, 1.82) is 0 Å². The number of aryl methyl sites for hydroxylation is 1. The first kappa shape index (κ1) is 18.1. The number of nitrogens with one attached hydrogen (secondary N) is 1. The lowest BCUT2D eigenvalue weighted by atomic mass is 10.00. The van der Waals surface area contributed by atoms with Crippen LogP contribution < -0.4 is 5.32 Å². The fourth-order valence-electron chi connectivity index (χ4n) is 2.56. The molecule has 0 bridgehead atoms. The van der Waals surface area contributed by atoms with Crippen molar-refractivity contribution < 1.29 is 14.3 Å². The second-order valence-electron chi connectivity index (χ2n) is 6.12. The minimum absolute atomic E-state index is 0.113. The Morgan fingerprint density at radius 2 is 1.79 bits per heavy atom. The summed E-state index contributed by atoms with van der Waals surface area (Å²) in [6.45, 7) is 2.04. The highest BCUT2D eigenvalue weighted by Gasteiger charge is 2.15. The van der Waals surface area contributed by atoms with Crippen molar-refractivity contribution in [1.82, 2.24) is 5.32 Å². The fraction of sp³-hybridized carbons (Fsp3) is 0.350. The van der Waals surface area contributed by atoms with Crippen LogP contribution in [-0.4, -0.2) is 23.7 Å². The largest absolute Gasteiger partial charge is 0.391 e. The van der Waals surface area contributed by atoms with Gasteiger partial charge in [-0.15, -0.1) is 0 Å². The first-order chi connectivity index (χ1) is 11.6. The average molecular weight is 329 g/mol. The minimum atomic E-state index is -0.616. The molecular formula is C20H24FNO2. The van der Waals surface area contributed by atoms with Crippen molar-refractivity contribution in [3.8, 4) is 0 Å². The number of hydrogen-bond acceptors (Lipinski definition) is 2. The third-order valence-corrected chi connectivity index (χ3v) is 4.08. The molecule has 0 aromatic heterocycles. The standard InChI is InChI=1S/C20H24FNO2/c1-15(11-12-17-9-5-6-10-19(17)21)20(24)22-14-18(23)13-16-7-3-2-4-8-16/h2-10,15,18,23H,11-14H2,1H3,(H,22,24). The van der Waals surface area contributed by atoms with Crippen LogP contribution >= 0.6 is 0 Å². The molecule has 24 heavy (non-hydrogen) atoms. The van der Waals surface area contributed by atoms with E-state index in [-0.39, 0.29) is 24.2 Å². The molecule has 3 nitrogen and oxygen atoms in total. The van der Waals surface area contributed by atoms with E-state index in [0.717, 1.165) is 5.56 Å². The molecule has 2 unspecified atom stereocenters. The van der Waals surface area contributed by atoms with Crippen LogP contribution in [0.4, 0.5) is 4.39 Å². The Morgan fingerprint density at radius 3 is 2.50 bits per heavy atom. The van der Waals surface area contributed by atoms with Gasteiger partial charge in [0.1, 0.15) is 5.82 Å². The van der Waals surface area contributed by atoms with E-state index in [1.54, 1.807) is 18.2 Å². The van der Waals surface area contributed by atoms with Gasteiger partial charge in [0.15, 0.2) is 0 Å². The van der Waals surface area contributed by atoms with E-state index in [4.69, 9.17) is 0 Å². The predicted octanol–water partition coefficient (Wildman–Crippen LogP) is 3.11. The van der Waals surface area contributed by atoms with Crippen LogP contribution in [0.5, 0.6) is 0 Å². The molecule has 0 spiro atoms. The van der Waals surface area contributed by atoms with Gasteiger partial charge in [0.2, 0.25) is 5.91 Å². The smallest absolute Gasteiger partial charge is 0.222 e. The van der Waals surface area contributed by atoms with Crippen LogP contribution in [-0.2, 0) is 17.6 Å². The Kier molecular flexibility index (Phi) is 6.94. The summed E-state index contributed by atoms with van der Waals surface area (Å²) in [5.74, 6) is -0.574. The van der Waals surface area contributed by atoms with E-state index < -0.39 is 6.10 Å². The number of amides is 1. The molecule has 1 amide bonds. The number of hydrogen-bond donors (Lipinski definition) is 2. The number of halogens is 1. The van der Waals surface area contributed by atoms with Crippen LogP contribution in [0.15, 0.2) is 54.6 Å². The molecule has 2 aromatic rings. The normalized spacial score (nSPS) is 13.3. The third-order valence-electron chi connectivity index (χ3n) is 4.08. The number of benzene rings is 2. The van der Waals surface area contributed by atoms with Crippen molar-refractivity contribution in [2.75, 3.05) is 6.54 Å². The van der Waals surface area contributed by atoms with E-state index in [2.05, 4.69) is 5.32 Å². The summed E-state index contributed by atoms with van der Waals surface area (Å²) in [7, 11) is 0. The molecule has 2 atom stereocenters. The van der Waals surface area contributed by atoms with Crippen LogP contribution in [0.25, 0.3) is 0 Å². The van der Waals surface area contributed by atoms with E-state index >= 15 is 0 Å². The summed E-state index contributed by atoms with van der Waals surface area (Å²) < 4.78 is 13.6. The maximum Gasteiger partial charge on any atom is 0.222 e. The maximum absolute atomic E-state index is 13.6. The molecule has 2 rings (SSSR count). The van der Waals surface area contributed by atoms with Crippen molar-refractivity contribution in [3.63, 3.8) is 0 Å². The summed E-state index contributed by atoms with van der Waals surface area (Å²) in [4.78, 5) is 12.1. The number of carbonyl (C=O) groups excluding carboxylic acids is 1. The molecule has 4 heteroatoms. The van der Waals surface area contributed by atoms with E-state index in [9.17, 15) is 14.3 Å². The fourth-order valence-corrected chi connectivity index (χ4v) is 2.56. The molecule has 0 heterocycles. The first-order valence-corrected chi connectivity index (χ1v) is 8.29. The van der Waals surface area contributed by atoms with Gasteiger partial charge in [-0.2, -0.15) is 0 Å². The Bertz CT molecular complexity index is 645. The second-order valence-corrected chi connectivity index (χ2v) is 6.12. The molecule has 0 radical (unpaired) electrons. The highest BCUT2D eigenvalue weighted by molar-refractivity contribution is 5.78. The van der Waals surface area contributed by atoms with Gasteiger partial charge in [-0.05, 0) is 30.0 Å². The quantitative estimate of drug-likeness (QED) is 0.782. The van der Waals surface area contributed by atoms with Gasteiger partial charge in [0.05, 0.1) is 6.10 Å². The minimum Gasteiger partial charge on any atom is -0.391 e. The van der Waals surface area contributed by atoms with Gasteiger partial charge in [-0.3, -0.25) is 4.79 Å². The molecule has 0 saturated heterocycles. The number of carbonyl (C=O) groups is 1. The van der Waals surface area contributed by atoms with Crippen LogP contribution in [0.3, 0.4) is 0 Å². The SMILES string of the molecule is CC(CCc1ccccc1F)C(=O)NCC(O)Cc1ccccc1. The molecule has 0 aliphatic carbocycles. The highest BCUT2D eigenvalue weighted by atomic mass is 19.1. The van der Waals surface area contributed by atoms with Gasteiger partial charge >= 0.3 is 0 Å². The Balaban J connectivity index is 1.72. The monoisotopic (exact) mass is 329 g/mol. The lowest BCUT2D eigenvalue weighted by Crippen LogP contribution is -2.36. The number of aliphatic hydroxyl groups excluding tert-OH is 1. The highest BCUT2D eigenvalue weighted by Crippen LogP contribution is 2.13. The molecule has 0 aliphatic rings. The predicted molar refractivity (Wildman–Crippen MR) is 93.0 cm³/mol. The van der Waals surface area contributed by atoms with Crippen molar-refractivity contribution in [3.05, 3.63) is 71.5 Å². The zero-order valence-corrected chi connectivity index (χ0v) is 13.9. The molecule has 128 valence electrons. The third kappa shape index (κ3) is 5.78. The van der Waals surface area contributed by atoms with Gasteiger partial charge in [0, 0.05) is 18.9 Å². The summed E-state index contributed by atoms with van der Waals surface area (Å²) in [5, 5.41) is 12.8. The lowest BCUT2D eigenvalue weighted by Gasteiger charge is -2.15. The van der Waals surface area contributed by atoms with Gasteiger partial charge in [0.25, 0.3) is 0 Å². The second kappa shape index (κ2) is 9.18. The topological polar surface area (TPSA) is 49.3 Å². The summed E-state index contributed by atoms with van der Waals surface area (Å²) >= 11 is 0. The van der Waals surface area contributed by atoms with Gasteiger partial charge in [-0.1, -0.05) is 55.5 Å². The summed E-state index contributed by atoms with van der Waals surface area (Å²) in [6.07, 6.45) is 0.982. The Morgan fingerprint density at radius 1 is 1.12 bits per heavy atom. The maximum atomic E-state index is 13.6. The van der Waals surface area contributed by atoms with Gasteiger partial charge < -0.3 is 10.4 Å². The first-order valence-electron chi connectivity index (χ1n) is 8.29. The van der Waals surface area contributed by atoms with Crippen LogP contribution in [0, 0.1) is 11.7 Å². The van der Waals surface area contributed by atoms with Crippen molar-refractivity contribution in [2.24, 2.45) is 5.92 Å². The van der Waals surface area contributed by atoms with Crippen LogP contribution in [0.2, 0.25) is 0 Å². The van der Waals surface area contributed by atoms with Gasteiger partial charge in [-0.25, -0.2) is 4.39 Å². The number of rotatable bonds is 8. The zero-order chi connectivity index (χ0) is 17.4. The Labute approximate surface area is 142 Å². The van der Waals surface area contributed by atoms with Crippen molar-refractivity contribution >= 4 is 5.91 Å². The molecule has 2 aromatic carbocycles. The van der Waals surface area contributed by atoms with E-state index in [0.29, 0.717) is 24.8 Å². The summed E-state index contributed by atoms with van der Waals surface area (Å²) in [6, 6.07) is 16.3. The lowest BCUT2D eigenvalue weighted by molar-refractivity contribution is -0.125. The van der Waals surface area contributed by atoms with E-state index in [1.165, 1.54) is 6.07 Å². The van der Waals surface area contributed by atoms with Crippen LogP contribution in [0.1, 0.15) is 24.5 Å². The Hall–Kier alpha value is -2.20. The summed E-state index contributed by atoms with van der Waals surface area (Å²) in [5.41, 5.74) is 1.66. The molecular weight excluding hydrogens is 305 g/mol. The zero-order valence-electron chi connectivity index (χ0n) is 13.9. The van der Waals surface area contributed by atoms with E-state index in [1.807, 2.05) is 37.3 Å². The molecule has 0 aliphatic heterocycles. The van der Waals surface area contributed by atoms with Crippen molar-refractivity contribution in [2.45, 2.75) is 32.3 Å². The molecule has 2 N–H and O–H groups in total.